The summed E-state index contributed by atoms with van der Waals surface area (Å²) in [6, 6.07) is 6.36. The molecule has 1 aliphatic carbocycles. The van der Waals surface area contributed by atoms with Gasteiger partial charge in [0.15, 0.2) is 5.78 Å². The molecule has 1 saturated carbocycles. The highest BCUT2D eigenvalue weighted by atomic mass is 19.1. The lowest BCUT2D eigenvalue weighted by atomic mass is 10.0. The summed E-state index contributed by atoms with van der Waals surface area (Å²) in [6.45, 7) is 3.24. The molecule has 3 heteroatoms. The smallest absolute Gasteiger partial charge is 0.155 e. The predicted molar refractivity (Wildman–Crippen MR) is 71.3 cm³/mol. The number of hydrogen-bond donors (Lipinski definition) is 0. The lowest BCUT2D eigenvalue weighted by molar-refractivity contribution is -0.121. The molecule has 0 aliphatic heterocycles. The van der Waals surface area contributed by atoms with Gasteiger partial charge in [-0.05, 0) is 44.0 Å². The Labute approximate surface area is 108 Å². The van der Waals surface area contributed by atoms with Gasteiger partial charge in [-0.15, -0.1) is 0 Å². The van der Waals surface area contributed by atoms with Crippen LogP contribution in [0.25, 0.3) is 0 Å². The molecule has 98 valence electrons. The Balaban J connectivity index is 2.00. The number of benzene rings is 1. The van der Waals surface area contributed by atoms with Crippen molar-refractivity contribution >= 4 is 11.5 Å². The second kappa shape index (κ2) is 5.98. The van der Waals surface area contributed by atoms with Crippen LogP contribution in [0.3, 0.4) is 0 Å². The fraction of sp³-hybridized carbons (Fsp3) is 0.533. The summed E-state index contributed by atoms with van der Waals surface area (Å²) in [4.78, 5) is 14.2. The van der Waals surface area contributed by atoms with E-state index in [2.05, 4.69) is 0 Å². The molecule has 0 atom stereocenters. The van der Waals surface area contributed by atoms with Crippen LogP contribution in [0, 0.1) is 11.7 Å². The highest BCUT2D eigenvalue weighted by Gasteiger charge is 2.23. The Kier molecular flexibility index (Phi) is 4.34. The molecule has 0 N–H and O–H groups in total. The molecule has 2 nitrogen and oxygen atoms in total. The van der Waals surface area contributed by atoms with Crippen molar-refractivity contribution in [3.05, 3.63) is 30.1 Å². The maximum atomic E-state index is 12.9. The first-order valence-corrected chi connectivity index (χ1v) is 6.74. The average molecular weight is 249 g/mol. The van der Waals surface area contributed by atoms with E-state index in [0.717, 1.165) is 25.1 Å². The normalized spacial score (nSPS) is 15.9. The van der Waals surface area contributed by atoms with Crippen molar-refractivity contribution in [1.82, 2.24) is 0 Å². The zero-order chi connectivity index (χ0) is 13.0. The zero-order valence-electron chi connectivity index (χ0n) is 10.9. The third-order valence-electron chi connectivity index (χ3n) is 3.73. The van der Waals surface area contributed by atoms with Crippen molar-refractivity contribution in [2.45, 2.75) is 32.6 Å². The van der Waals surface area contributed by atoms with Crippen LogP contribution < -0.4 is 4.90 Å². The van der Waals surface area contributed by atoms with E-state index in [1.807, 2.05) is 11.8 Å². The first-order valence-electron chi connectivity index (χ1n) is 6.74. The zero-order valence-corrected chi connectivity index (χ0v) is 10.9. The number of halogens is 1. The molecule has 0 saturated heterocycles. The van der Waals surface area contributed by atoms with Gasteiger partial charge in [-0.3, -0.25) is 4.79 Å². The van der Waals surface area contributed by atoms with E-state index in [9.17, 15) is 9.18 Å². The largest absolute Gasteiger partial charge is 0.364 e. The SMILES string of the molecule is CCN(CC(=O)C1CCCC1)c1ccc(F)cc1. The molecule has 0 spiro atoms. The third-order valence-corrected chi connectivity index (χ3v) is 3.73. The highest BCUT2D eigenvalue weighted by molar-refractivity contribution is 5.85. The Bertz CT molecular complexity index is 395. The van der Waals surface area contributed by atoms with E-state index in [1.54, 1.807) is 12.1 Å². The van der Waals surface area contributed by atoms with Gasteiger partial charge in [0.05, 0.1) is 6.54 Å². The van der Waals surface area contributed by atoms with Crippen LogP contribution in [0.15, 0.2) is 24.3 Å². The molecular weight excluding hydrogens is 229 g/mol. The van der Waals surface area contributed by atoms with Crippen LogP contribution in [0.4, 0.5) is 10.1 Å². The van der Waals surface area contributed by atoms with Gasteiger partial charge in [0, 0.05) is 18.2 Å². The second-order valence-electron chi connectivity index (χ2n) is 4.94. The average Bonchev–Trinajstić information content (AvgIpc) is 2.91. The lowest BCUT2D eigenvalue weighted by Gasteiger charge is -2.23. The summed E-state index contributed by atoms with van der Waals surface area (Å²) in [6.07, 6.45) is 4.44. The Hall–Kier alpha value is -1.38. The van der Waals surface area contributed by atoms with Crippen LogP contribution >= 0.6 is 0 Å². The first-order chi connectivity index (χ1) is 8.70. The molecule has 2 rings (SSSR count). The monoisotopic (exact) mass is 249 g/mol. The van der Waals surface area contributed by atoms with E-state index >= 15 is 0 Å². The Morgan fingerprint density at radius 1 is 1.28 bits per heavy atom. The van der Waals surface area contributed by atoms with E-state index in [0.29, 0.717) is 12.3 Å². The maximum absolute atomic E-state index is 12.9. The number of Topliss-reactive ketones (excluding diaryl/α,β-unsaturated/α-hetero) is 1. The van der Waals surface area contributed by atoms with Crippen molar-refractivity contribution in [2.24, 2.45) is 5.92 Å². The molecule has 1 aromatic rings. The fourth-order valence-electron chi connectivity index (χ4n) is 2.60. The van der Waals surface area contributed by atoms with Gasteiger partial charge in [-0.25, -0.2) is 4.39 Å². The van der Waals surface area contributed by atoms with Gasteiger partial charge in [-0.1, -0.05) is 12.8 Å². The molecule has 0 bridgehead atoms. The minimum absolute atomic E-state index is 0.239. The van der Waals surface area contributed by atoms with E-state index in [4.69, 9.17) is 0 Å². The number of ketones is 1. The molecule has 0 unspecified atom stereocenters. The van der Waals surface area contributed by atoms with E-state index < -0.39 is 0 Å². The van der Waals surface area contributed by atoms with Gasteiger partial charge in [0.2, 0.25) is 0 Å². The van der Waals surface area contributed by atoms with Crippen LogP contribution in [0.5, 0.6) is 0 Å². The molecule has 1 aromatic carbocycles. The predicted octanol–water partition coefficient (Wildman–Crippen LogP) is 3.41. The van der Waals surface area contributed by atoms with Crippen molar-refractivity contribution in [3.8, 4) is 0 Å². The summed E-state index contributed by atoms with van der Waals surface area (Å²) >= 11 is 0. The van der Waals surface area contributed by atoms with Gasteiger partial charge in [0.25, 0.3) is 0 Å². The standard InChI is InChI=1S/C15H20FNO/c1-2-17(14-9-7-13(16)8-10-14)11-15(18)12-5-3-4-6-12/h7-10,12H,2-6,11H2,1H3. The number of rotatable bonds is 5. The van der Waals surface area contributed by atoms with E-state index in [1.165, 1.54) is 25.0 Å². The Morgan fingerprint density at radius 3 is 2.44 bits per heavy atom. The number of carbonyl (C=O) groups is 1. The maximum Gasteiger partial charge on any atom is 0.155 e. The van der Waals surface area contributed by atoms with E-state index in [-0.39, 0.29) is 11.7 Å². The summed E-state index contributed by atoms with van der Waals surface area (Å²) < 4.78 is 12.9. The minimum atomic E-state index is -0.239. The third kappa shape index (κ3) is 3.09. The Morgan fingerprint density at radius 2 is 1.89 bits per heavy atom. The van der Waals surface area contributed by atoms with Gasteiger partial charge in [0.1, 0.15) is 5.82 Å². The molecule has 0 amide bonds. The van der Waals surface area contributed by atoms with Gasteiger partial charge >= 0.3 is 0 Å². The molecule has 1 fully saturated rings. The molecule has 0 aromatic heterocycles. The number of hydrogen-bond acceptors (Lipinski definition) is 2. The van der Waals surface area contributed by atoms with Crippen molar-refractivity contribution in [1.29, 1.82) is 0 Å². The molecule has 0 radical (unpaired) electrons. The van der Waals surface area contributed by atoms with Crippen LogP contribution in [0.1, 0.15) is 32.6 Å². The van der Waals surface area contributed by atoms with Crippen LogP contribution in [-0.2, 0) is 4.79 Å². The highest BCUT2D eigenvalue weighted by Crippen LogP contribution is 2.26. The van der Waals surface area contributed by atoms with Gasteiger partial charge < -0.3 is 4.90 Å². The van der Waals surface area contributed by atoms with Crippen molar-refractivity contribution in [2.75, 3.05) is 18.0 Å². The fourth-order valence-corrected chi connectivity index (χ4v) is 2.60. The summed E-state index contributed by atoms with van der Waals surface area (Å²) in [5, 5.41) is 0. The topological polar surface area (TPSA) is 20.3 Å². The summed E-state index contributed by atoms with van der Waals surface area (Å²) in [7, 11) is 0. The number of nitrogens with zero attached hydrogens (tertiary/aromatic N) is 1. The van der Waals surface area contributed by atoms with Crippen LogP contribution in [0.2, 0.25) is 0 Å². The number of likely N-dealkylation sites (N-methyl/N-ethyl adjacent to an activating group) is 1. The minimum Gasteiger partial charge on any atom is -0.364 e. The second-order valence-corrected chi connectivity index (χ2v) is 4.94. The number of anilines is 1. The van der Waals surface area contributed by atoms with Crippen molar-refractivity contribution in [3.63, 3.8) is 0 Å². The summed E-state index contributed by atoms with van der Waals surface area (Å²) in [5.74, 6) is 0.343. The van der Waals surface area contributed by atoms with Crippen LogP contribution in [-0.4, -0.2) is 18.9 Å². The molecule has 1 aliphatic rings. The van der Waals surface area contributed by atoms with Gasteiger partial charge in [-0.2, -0.15) is 0 Å². The number of carbonyl (C=O) groups excluding carboxylic acids is 1. The van der Waals surface area contributed by atoms with Crippen molar-refractivity contribution < 1.29 is 9.18 Å². The first kappa shape index (κ1) is 13.1. The molecule has 18 heavy (non-hydrogen) atoms. The molecular formula is C15H20FNO. The lowest BCUT2D eigenvalue weighted by Crippen LogP contribution is -2.32. The summed E-state index contributed by atoms with van der Waals surface area (Å²) in [5.41, 5.74) is 0.922. The molecule has 0 heterocycles. The quantitative estimate of drug-likeness (QED) is 0.797.